The Morgan fingerprint density at radius 2 is 1.93 bits per heavy atom. The Hall–Kier alpha value is -2.35. The lowest BCUT2D eigenvalue weighted by molar-refractivity contribution is -0.206. The third-order valence-corrected chi connectivity index (χ3v) is 6.80. The van der Waals surface area contributed by atoms with Gasteiger partial charge in [0.1, 0.15) is 18.4 Å². The zero-order valence-corrected chi connectivity index (χ0v) is 18.3. The van der Waals surface area contributed by atoms with Crippen molar-refractivity contribution >= 4 is 34.1 Å². The van der Waals surface area contributed by atoms with Crippen LogP contribution in [-0.2, 0) is 0 Å². The van der Waals surface area contributed by atoms with E-state index in [0.717, 1.165) is 28.9 Å². The highest BCUT2D eigenvalue weighted by Crippen LogP contribution is 2.72. The molecule has 0 saturated heterocycles. The molecular weight excluding hydrogens is 419 g/mol. The quantitative estimate of drug-likeness (QED) is 0.402. The Morgan fingerprint density at radius 3 is 2.63 bits per heavy atom. The summed E-state index contributed by atoms with van der Waals surface area (Å²) in [6.07, 6.45) is 5.87. The summed E-state index contributed by atoms with van der Waals surface area (Å²) in [7, 11) is 0. The van der Waals surface area contributed by atoms with Crippen LogP contribution in [0.5, 0.6) is 11.5 Å². The number of aromatic nitrogens is 1. The van der Waals surface area contributed by atoms with Crippen LogP contribution in [0, 0.1) is 22.2 Å². The van der Waals surface area contributed by atoms with Crippen LogP contribution in [-0.4, -0.2) is 23.7 Å². The number of benzene rings is 2. The van der Waals surface area contributed by atoms with Crippen LogP contribution >= 0.6 is 23.2 Å². The molecular formula is C24H22Cl2N2O2. The first kappa shape index (κ1) is 19.6. The predicted octanol–water partition coefficient (Wildman–Crippen LogP) is 6.34. The standard InChI is InChI=1S/C24H22Cl2N2O2/c1-23-12-24(13-23,14-23)15-30-19-2-3-21-16(9-19)4-6-28(21)18-8-17(11-27)22(20(26)10-18)29-7-5-25/h2-4,6,8-10H,5,7,12-15H2,1H3. The zero-order valence-electron chi connectivity index (χ0n) is 16.8. The summed E-state index contributed by atoms with van der Waals surface area (Å²) in [6, 6.07) is 13.9. The molecule has 4 nitrogen and oxygen atoms in total. The van der Waals surface area contributed by atoms with Gasteiger partial charge in [0.05, 0.1) is 28.6 Å². The van der Waals surface area contributed by atoms with Gasteiger partial charge in [0.25, 0.3) is 0 Å². The molecule has 3 aliphatic rings. The fourth-order valence-corrected chi connectivity index (χ4v) is 5.82. The molecule has 2 aromatic carbocycles. The summed E-state index contributed by atoms with van der Waals surface area (Å²) in [4.78, 5) is 0. The van der Waals surface area contributed by atoms with Gasteiger partial charge in [0.15, 0.2) is 5.75 Å². The largest absolute Gasteiger partial charge is 0.493 e. The first-order chi connectivity index (χ1) is 14.4. The molecule has 0 amide bonds. The molecule has 0 atom stereocenters. The fourth-order valence-electron chi connectivity index (χ4n) is 5.47. The van der Waals surface area contributed by atoms with Gasteiger partial charge in [0, 0.05) is 22.7 Å². The Kier molecular flexibility index (Phi) is 4.65. The summed E-state index contributed by atoms with van der Waals surface area (Å²) in [5.41, 5.74) is 3.23. The SMILES string of the molecule is CC12CC(COc3ccc4c(ccn4-c4cc(Cl)c(OCCCl)c(C#N)c4)c3)(C1)C2. The smallest absolute Gasteiger partial charge is 0.155 e. The van der Waals surface area contributed by atoms with Gasteiger partial charge in [0.2, 0.25) is 0 Å². The second kappa shape index (κ2) is 7.11. The van der Waals surface area contributed by atoms with Gasteiger partial charge in [-0.25, -0.2) is 0 Å². The highest BCUT2D eigenvalue weighted by atomic mass is 35.5. The maximum atomic E-state index is 9.54. The van der Waals surface area contributed by atoms with E-state index in [-0.39, 0.29) is 0 Å². The molecule has 3 fully saturated rings. The highest BCUT2D eigenvalue weighted by molar-refractivity contribution is 6.32. The summed E-state index contributed by atoms with van der Waals surface area (Å²) in [6.45, 7) is 3.47. The van der Waals surface area contributed by atoms with Crippen LogP contribution in [0.4, 0.5) is 0 Å². The topological polar surface area (TPSA) is 47.2 Å². The van der Waals surface area contributed by atoms with E-state index < -0.39 is 0 Å². The number of alkyl halides is 1. The van der Waals surface area contributed by atoms with Gasteiger partial charge in [-0.1, -0.05) is 18.5 Å². The molecule has 6 heteroatoms. The highest BCUT2D eigenvalue weighted by Gasteiger charge is 2.65. The average molecular weight is 441 g/mol. The van der Waals surface area contributed by atoms with Crippen molar-refractivity contribution in [3.8, 4) is 23.3 Å². The third kappa shape index (κ3) is 3.21. The molecule has 3 aromatic rings. The molecule has 30 heavy (non-hydrogen) atoms. The third-order valence-electron chi connectivity index (χ3n) is 6.36. The Balaban J connectivity index is 1.40. The zero-order chi connectivity index (χ0) is 20.9. The van der Waals surface area contributed by atoms with Crippen LogP contribution in [0.15, 0.2) is 42.6 Å². The number of nitrogens with zero attached hydrogens (tertiary/aromatic N) is 2. The molecule has 2 bridgehead atoms. The Bertz CT molecular complexity index is 1160. The van der Waals surface area contributed by atoms with E-state index in [1.807, 2.05) is 29.0 Å². The van der Waals surface area contributed by atoms with Crippen molar-refractivity contribution in [3.63, 3.8) is 0 Å². The average Bonchev–Trinajstić information content (AvgIpc) is 3.11. The summed E-state index contributed by atoms with van der Waals surface area (Å²) >= 11 is 12.1. The van der Waals surface area contributed by atoms with Crippen LogP contribution in [0.25, 0.3) is 16.6 Å². The van der Waals surface area contributed by atoms with Crippen molar-refractivity contribution in [2.75, 3.05) is 19.1 Å². The molecule has 0 N–H and O–H groups in total. The van der Waals surface area contributed by atoms with E-state index in [1.54, 1.807) is 12.1 Å². The van der Waals surface area contributed by atoms with Crippen molar-refractivity contribution in [1.29, 1.82) is 5.26 Å². The van der Waals surface area contributed by atoms with Crippen molar-refractivity contribution < 1.29 is 9.47 Å². The summed E-state index contributed by atoms with van der Waals surface area (Å²) in [5.74, 6) is 1.60. The number of hydrogen-bond donors (Lipinski definition) is 0. The van der Waals surface area contributed by atoms with Crippen LogP contribution in [0.3, 0.4) is 0 Å². The molecule has 0 radical (unpaired) electrons. The minimum Gasteiger partial charge on any atom is -0.493 e. The van der Waals surface area contributed by atoms with Crippen molar-refractivity contribution in [2.45, 2.75) is 26.2 Å². The van der Waals surface area contributed by atoms with Crippen molar-refractivity contribution in [3.05, 3.63) is 53.2 Å². The molecule has 6 rings (SSSR count). The van der Waals surface area contributed by atoms with Gasteiger partial charge in [-0.3, -0.25) is 0 Å². The minimum atomic E-state index is 0.297. The minimum absolute atomic E-state index is 0.297. The lowest BCUT2D eigenvalue weighted by atomic mass is 9.36. The van der Waals surface area contributed by atoms with Crippen LogP contribution < -0.4 is 9.47 Å². The molecule has 0 unspecified atom stereocenters. The monoisotopic (exact) mass is 440 g/mol. The first-order valence-electron chi connectivity index (χ1n) is 10.1. The Morgan fingerprint density at radius 1 is 1.13 bits per heavy atom. The molecule has 1 heterocycles. The molecule has 0 aliphatic heterocycles. The lowest BCUT2D eigenvalue weighted by Gasteiger charge is -2.69. The van der Waals surface area contributed by atoms with Crippen LogP contribution in [0.1, 0.15) is 31.7 Å². The number of halogens is 2. The molecule has 154 valence electrons. The van der Waals surface area contributed by atoms with E-state index in [1.165, 1.54) is 19.3 Å². The molecule has 1 aromatic heterocycles. The van der Waals surface area contributed by atoms with E-state index in [2.05, 4.69) is 19.1 Å². The number of nitriles is 1. The van der Waals surface area contributed by atoms with Gasteiger partial charge >= 0.3 is 0 Å². The van der Waals surface area contributed by atoms with Gasteiger partial charge in [-0.05, 0) is 61.1 Å². The van der Waals surface area contributed by atoms with E-state index >= 15 is 0 Å². The normalized spacial score (nSPS) is 24.1. The Labute approximate surface area is 185 Å². The van der Waals surface area contributed by atoms with Gasteiger partial charge in [-0.2, -0.15) is 5.26 Å². The molecule has 3 aliphatic carbocycles. The maximum absolute atomic E-state index is 9.54. The van der Waals surface area contributed by atoms with E-state index in [9.17, 15) is 5.26 Å². The number of ether oxygens (including phenoxy) is 2. The molecule has 3 saturated carbocycles. The number of hydrogen-bond acceptors (Lipinski definition) is 3. The van der Waals surface area contributed by atoms with Crippen molar-refractivity contribution in [1.82, 2.24) is 4.57 Å². The van der Waals surface area contributed by atoms with E-state index in [0.29, 0.717) is 39.7 Å². The van der Waals surface area contributed by atoms with Gasteiger partial charge < -0.3 is 14.0 Å². The fraction of sp³-hybridized carbons (Fsp3) is 0.375. The lowest BCUT2D eigenvalue weighted by Crippen LogP contribution is -2.62. The van der Waals surface area contributed by atoms with Crippen molar-refractivity contribution in [2.24, 2.45) is 10.8 Å². The summed E-state index contributed by atoms with van der Waals surface area (Å²) < 4.78 is 13.7. The van der Waals surface area contributed by atoms with Crippen LogP contribution in [0.2, 0.25) is 5.02 Å². The predicted molar refractivity (Wildman–Crippen MR) is 119 cm³/mol. The van der Waals surface area contributed by atoms with Gasteiger partial charge in [-0.15, -0.1) is 11.6 Å². The first-order valence-corrected chi connectivity index (χ1v) is 11.0. The molecule has 0 spiro atoms. The van der Waals surface area contributed by atoms with E-state index in [4.69, 9.17) is 32.7 Å². The number of fused-ring (bicyclic) bond motifs is 1. The maximum Gasteiger partial charge on any atom is 0.155 e. The summed E-state index contributed by atoms with van der Waals surface area (Å²) in [5, 5.41) is 11.0. The second-order valence-corrected chi connectivity index (χ2v) is 9.77. The number of rotatable bonds is 7. The second-order valence-electron chi connectivity index (χ2n) is 8.99.